The molecule has 0 spiro atoms. The Morgan fingerprint density at radius 2 is 2.05 bits per heavy atom. The van der Waals surface area contributed by atoms with Crippen LogP contribution in [0, 0.1) is 0 Å². The summed E-state index contributed by atoms with van der Waals surface area (Å²) < 4.78 is 5.33. The van der Waals surface area contributed by atoms with Gasteiger partial charge in [-0.25, -0.2) is 9.97 Å². The third-order valence-electron chi connectivity index (χ3n) is 3.43. The summed E-state index contributed by atoms with van der Waals surface area (Å²) in [5.41, 5.74) is 7.58. The summed E-state index contributed by atoms with van der Waals surface area (Å²) in [7, 11) is 3.62. The van der Waals surface area contributed by atoms with Crippen LogP contribution in [-0.2, 0) is 0 Å². The number of ether oxygens (including phenoxy) is 1. The Morgan fingerprint density at radius 3 is 2.77 bits per heavy atom. The number of unbranched alkanes of at least 4 members (excludes halogenated alkanes) is 1. The van der Waals surface area contributed by atoms with Crippen LogP contribution in [0.1, 0.15) is 19.8 Å². The molecule has 0 bridgehead atoms. The average Bonchev–Trinajstić information content (AvgIpc) is 2.55. The third-order valence-corrected chi connectivity index (χ3v) is 3.43. The molecule has 1 aromatic carbocycles. The molecule has 0 aliphatic rings. The highest BCUT2D eigenvalue weighted by Crippen LogP contribution is 2.31. The summed E-state index contributed by atoms with van der Waals surface area (Å²) in [4.78, 5) is 10.6. The predicted molar refractivity (Wildman–Crippen MR) is 90.9 cm³/mol. The molecule has 22 heavy (non-hydrogen) atoms. The van der Waals surface area contributed by atoms with Gasteiger partial charge in [-0.15, -0.1) is 0 Å². The quantitative estimate of drug-likeness (QED) is 0.818. The van der Waals surface area contributed by atoms with Gasteiger partial charge in [-0.1, -0.05) is 25.5 Å². The second-order valence-corrected chi connectivity index (χ2v) is 5.06. The Kier molecular flexibility index (Phi) is 5.41. The summed E-state index contributed by atoms with van der Waals surface area (Å²) in [6.07, 6.45) is 3.74. The SMILES string of the molecule is CCCCN(C)c1ncnc(Nc2ccccc2OC)c1N. The molecule has 0 atom stereocenters. The van der Waals surface area contributed by atoms with E-state index in [0.29, 0.717) is 11.5 Å². The monoisotopic (exact) mass is 301 g/mol. The second kappa shape index (κ2) is 7.49. The molecule has 0 fully saturated rings. The molecule has 2 aromatic rings. The van der Waals surface area contributed by atoms with Crippen molar-refractivity contribution in [3.05, 3.63) is 30.6 Å². The number of nitrogens with zero attached hydrogens (tertiary/aromatic N) is 3. The highest BCUT2D eigenvalue weighted by atomic mass is 16.5. The third kappa shape index (κ3) is 3.58. The summed E-state index contributed by atoms with van der Waals surface area (Å²) in [6, 6.07) is 7.64. The maximum absolute atomic E-state index is 6.23. The topological polar surface area (TPSA) is 76.3 Å². The van der Waals surface area contributed by atoms with E-state index < -0.39 is 0 Å². The maximum Gasteiger partial charge on any atom is 0.159 e. The molecule has 0 radical (unpaired) electrons. The molecule has 2 rings (SSSR count). The van der Waals surface area contributed by atoms with Crippen LogP contribution < -0.4 is 20.7 Å². The largest absolute Gasteiger partial charge is 0.495 e. The minimum Gasteiger partial charge on any atom is -0.495 e. The zero-order chi connectivity index (χ0) is 15.9. The molecule has 3 N–H and O–H groups in total. The second-order valence-electron chi connectivity index (χ2n) is 5.06. The standard InChI is InChI=1S/C16H23N5O/c1-4-5-10-21(2)16-14(17)15(18-11-19-16)20-12-8-6-7-9-13(12)22-3/h6-9,11H,4-5,10,17H2,1-3H3,(H,18,19,20). The molecule has 118 valence electrons. The molecule has 6 nitrogen and oxygen atoms in total. The van der Waals surface area contributed by atoms with Gasteiger partial charge in [0.1, 0.15) is 17.8 Å². The Morgan fingerprint density at radius 1 is 1.27 bits per heavy atom. The van der Waals surface area contributed by atoms with Crippen LogP contribution in [-0.4, -0.2) is 30.7 Å². The van der Waals surface area contributed by atoms with Gasteiger partial charge in [0.2, 0.25) is 0 Å². The van der Waals surface area contributed by atoms with E-state index in [2.05, 4.69) is 22.2 Å². The van der Waals surface area contributed by atoms with Gasteiger partial charge >= 0.3 is 0 Å². The Balaban J connectivity index is 2.25. The molecule has 1 heterocycles. The Bertz CT molecular complexity index is 617. The van der Waals surface area contributed by atoms with Gasteiger partial charge in [-0.3, -0.25) is 0 Å². The highest BCUT2D eigenvalue weighted by Gasteiger charge is 2.13. The van der Waals surface area contributed by atoms with Gasteiger partial charge in [0, 0.05) is 13.6 Å². The van der Waals surface area contributed by atoms with Gasteiger partial charge in [0.15, 0.2) is 11.6 Å². The van der Waals surface area contributed by atoms with E-state index in [1.54, 1.807) is 7.11 Å². The van der Waals surface area contributed by atoms with Crippen LogP contribution in [0.3, 0.4) is 0 Å². The number of anilines is 4. The number of hydrogen-bond acceptors (Lipinski definition) is 6. The lowest BCUT2D eigenvalue weighted by Crippen LogP contribution is -2.21. The minimum absolute atomic E-state index is 0.534. The van der Waals surface area contributed by atoms with E-state index in [-0.39, 0.29) is 0 Å². The minimum atomic E-state index is 0.534. The fourth-order valence-corrected chi connectivity index (χ4v) is 2.17. The van der Waals surface area contributed by atoms with Crippen molar-refractivity contribution < 1.29 is 4.74 Å². The van der Waals surface area contributed by atoms with E-state index in [1.165, 1.54) is 6.33 Å². The summed E-state index contributed by atoms with van der Waals surface area (Å²) in [5, 5.41) is 3.22. The first-order chi connectivity index (χ1) is 10.7. The molecule has 0 amide bonds. The smallest absolute Gasteiger partial charge is 0.159 e. The number of nitrogen functional groups attached to an aromatic ring is 1. The molecule has 0 aliphatic carbocycles. The number of methoxy groups -OCH3 is 1. The molecule has 6 heteroatoms. The van der Waals surface area contributed by atoms with Gasteiger partial charge in [-0.05, 0) is 18.6 Å². The fraction of sp³-hybridized carbons (Fsp3) is 0.375. The Hall–Kier alpha value is -2.50. The van der Waals surface area contributed by atoms with Gasteiger partial charge in [0.05, 0.1) is 12.8 Å². The van der Waals surface area contributed by atoms with Crippen molar-refractivity contribution >= 4 is 23.0 Å². The lowest BCUT2D eigenvalue weighted by Gasteiger charge is -2.21. The zero-order valence-corrected chi connectivity index (χ0v) is 13.3. The van der Waals surface area contributed by atoms with E-state index in [0.717, 1.165) is 36.6 Å². The molecular weight excluding hydrogens is 278 g/mol. The van der Waals surface area contributed by atoms with Gasteiger partial charge in [-0.2, -0.15) is 0 Å². The van der Waals surface area contributed by atoms with Crippen molar-refractivity contribution in [2.75, 3.05) is 36.7 Å². The predicted octanol–water partition coefficient (Wildman–Crippen LogP) is 3.05. The highest BCUT2D eigenvalue weighted by molar-refractivity contribution is 5.79. The lowest BCUT2D eigenvalue weighted by molar-refractivity contribution is 0.417. The fourth-order valence-electron chi connectivity index (χ4n) is 2.17. The molecule has 1 aromatic heterocycles. The van der Waals surface area contributed by atoms with Crippen LogP contribution >= 0.6 is 0 Å². The number of hydrogen-bond donors (Lipinski definition) is 2. The summed E-state index contributed by atoms with van der Waals surface area (Å²) in [5.74, 6) is 2.06. The number of benzene rings is 1. The van der Waals surface area contributed by atoms with Crippen LogP contribution in [0.15, 0.2) is 30.6 Å². The van der Waals surface area contributed by atoms with E-state index in [9.17, 15) is 0 Å². The first kappa shape index (κ1) is 15.9. The first-order valence-corrected chi connectivity index (χ1v) is 7.39. The molecule has 0 aliphatic heterocycles. The Labute approximate surface area is 131 Å². The van der Waals surface area contributed by atoms with Crippen molar-refractivity contribution in [1.29, 1.82) is 0 Å². The van der Waals surface area contributed by atoms with Crippen LogP contribution in [0.2, 0.25) is 0 Å². The number of para-hydroxylation sites is 2. The van der Waals surface area contributed by atoms with Crippen LogP contribution in [0.5, 0.6) is 5.75 Å². The number of rotatable bonds is 7. The van der Waals surface area contributed by atoms with Crippen LogP contribution in [0.25, 0.3) is 0 Å². The number of nitrogens with two attached hydrogens (primary N) is 1. The number of nitrogens with one attached hydrogen (secondary N) is 1. The van der Waals surface area contributed by atoms with E-state index >= 15 is 0 Å². The molecule has 0 saturated heterocycles. The van der Waals surface area contributed by atoms with E-state index in [1.807, 2.05) is 36.2 Å². The molecule has 0 saturated carbocycles. The summed E-state index contributed by atoms with van der Waals surface area (Å²) in [6.45, 7) is 3.07. The van der Waals surface area contributed by atoms with Gasteiger partial charge < -0.3 is 20.7 Å². The molecular formula is C16H23N5O. The normalized spacial score (nSPS) is 10.3. The average molecular weight is 301 g/mol. The van der Waals surface area contributed by atoms with E-state index in [4.69, 9.17) is 10.5 Å². The van der Waals surface area contributed by atoms with Crippen molar-refractivity contribution in [2.24, 2.45) is 0 Å². The van der Waals surface area contributed by atoms with Crippen molar-refractivity contribution in [3.8, 4) is 5.75 Å². The van der Waals surface area contributed by atoms with Gasteiger partial charge in [0.25, 0.3) is 0 Å². The lowest BCUT2D eigenvalue weighted by atomic mass is 10.2. The van der Waals surface area contributed by atoms with Crippen molar-refractivity contribution in [3.63, 3.8) is 0 Å². The van der Waals surface area contributed by atoms with Crippen LogP contribution in [0.4, 0.5) is 23.0 Å². The maximum atomic E-state index is 6.23. The van der Waals surface area contributed by atoms with Crippen molar-refractivity contribution in [2.45, 2.75) is 19.8 Å². The summed E-state index contributed by atoms with van der Waals surface area (Å²) >= 11 is 0. The number of aromatic nitrogens is 2. The molecule has 0 unspecified atom stereocenters. The zero-order valence-electron chi connectivity index (χ0n) is 13.3. The van der Waals surface area contributed by atoms with Crippen molar-refractivity contribution in [1.82, 2.24) is 9.97 Å². The first-order valence-electron chi connectivity index (χ1n) is 7.39.